The number of hydrogen-bond acceptors (Lipinski definition) is 3. The lowest BCUT2D eigenvalue weighted by atomic mass is 10.2. The molecular weight excluding hydrogens is 280 g/mol. The van der Waals surface area contributed by atoms with Gasteiger partial charge in [0.15, 0.2) is 0 Å². The quantitative estimate of drug-likeness (QED) is 0.677. The highest BCUT2D eigenvalue weighted by molar-refractivity contribution is 9.10. The van der Waals surface area contributed by atoms with Crippen molar-refractivity contribution in [3.05, 3.63) is 41.1 Å². The number of rotatable bonds is 1. The fourth-order valence-corrected chi connectivity index (χ4v) is 2.14. The Morgan fingerprint density at radius 1 is 1.24 bits per heavy atom. The van der Waals surface area contributed by atoms with Crippen LogP contribution in [-0.2, 0) is 0 Å². The first kappa shape index (κ1) is 10.3. The Morgan fingerprint density at radius 3 is 2.94 bits per heavy atom. The zero-order valence-corrected chi connectivity index (χ0v) is 10.4. The molecule has 0 spiro atoms. The smallest absolute Gasteiger partial charge is 0.139 e. The highest BCUT2D eigenvalue weighted by Gasteiger charge is 2.08. The van der Waals surface area contributed by atoms with Gasteiger partial charge in [-0.2, -0.15) is 0 Å². The van der Waals surface area contributed by atoms with E-state index in [9.17, 15) is 0 Å². The molecule has 0 aliphatic carbocycles. The molecule has 0 bridgehead atoms. The van der Waals surface area contributed by atoms with Gasteiger partial charge < -0.3 is 10.7 Å². The Bertz CT molecular complexity index is 657. The molecule has 5 heteroatoms. The van der Waals surface area contributed by atoms with E-state index in [4.69, 9.17) is 5.73 Å². The van der Waals surface area contributed by atoms with Gasteiger partial charge in [-0.15, -0.1) is 0 Å². The van der Waals surface area contributed by atoms with Crippen molar-refractivity contribution in [1.29, 1.82) is 0 Å². The number of halogens is 1. The van der Waals surface area contributed by atoms with E-state index in [0.29, 0.717) is 5.69 Å². The predicted octanol–water partition coefficient (Wildman–Crippen LogP) is 2.97. The monoisotopic (exact) mass is 288 g/mol. The third kappa shape index (κ3) is 1.78. The van der Waals surface area contributed by atoms with E-state index in [1.807, 2.05) is 24.3 Å². The van der Waals surface area contributed by atoms with Crippen LogP contribution in [0.5, 0.6) is 0 Å². The zero-order chi connectivity index (χ0) is 11.8. The van der Waals surface area contributed by atoms with Gasteiger partial charge in [0.1, 0.15) is 5.82 Å². The molecule has 3 aromatic rings. The van der Waals surface area contributed by atoms with Crippen molar-refractivity contribution in [3.8, 4) is 11.4 Å². The van der Waals surface area contributed by atoms with Crippen LogP contribution in [0, 0.1) is 0 Å². The number of aromatic nitrogens is 3. The topological polar surface area (TPSA) is 67.6 Å². The molecule has 1 aromatic carbocycles. The molecule has 0 fully saturated rings. The minimum Gasteiger partial charge on any atom is -0.399 e. The second-order valence-corrected chi connectivity index (χ2v) is 4.57. The Labute approximate surface area is 106 Å². The van der Waals surface area contributed by atoms with Gasteiger partial charge in [-0.25, -0.2) is 4.98 Å². The average molecular weight is 289 g/mol. The van der Waals surface area contributed by atoms with Crippen LogP contribution >= 0.6 is 15.9 Å². The number of imidazole rings is 1. The first-order valence-electron chi connectivity index (χ1n) is 5.09. The van der Waals surface area contributed by atoms with E-state index in [1.54, 1.807) is 12.4 Å². The molecule has 0 aliphatic heterocycles. The Hall–Kier alpha value is -1.88. The lowest BCUT2D eigenvalue weighted by Crippen LogP contribution is -1.88. The van der Waals surface area contributed by atoms with Gasteiger partial charge in [0.2, 0.25) is 0 Å². The molecule has 2 aromatic heterocycles. The highest BCUT2D eigenvalue weighted by Crippen LogP contribution is 2.29. The third-order valence-electron chi connectivity index (χ3n) is 2.53. The molecule has 3 N–H and O–H groups in total. The van der Waals surface area contributed by atoms with E-state index in [1.165, 1.54) is 0 Å². The Kier molecular flexibility index (Phi) is 2.33. The van der Waals surface area contributed by atoms with Gasteiger partial charge in [-0.1, -0.05) is 15.9 Å². The van der Waals surface area contributed by atoms with Crippen LogP contribution in [0.1, 0.15) is 0 Å². The van der Waals surface area contributed by atoms with E-state index in [-0.39, 0.29) is 0 Å². The molecule has 2 heterocycles. The molecule has 17 heavy (non-hydrogen) atoms. The van der Waals surface area contributed by atoms with Crippen LogP contribution in [0.4, 0.5) is 5.69 Å². The van der Waals surface area contributed by atoms with Gasteiger partial charge in [0.25, 0.3) is 0 Å². The fourth-order valence-electron chi connectivity index (χ4n) is 1.71. The first-order chi connectivity index (χ1) is 8.24. The minimum absolute atomic E-state index is 0.710. The normalized spacial score (nSPS) is 10.9. The zero-order valence-electron chi connectivity index (χ0n) is 8.81. The van der Waals surface area contributed by atoms with E-state index >= 15 is 0 Å². The number of nitrogen functional groups attached to an aromatic ring is 1. The summed E-state index contributed by atoms with van der Waals surface area (Å²) >= 11 is 3.49. The van der Waals surface area contributed by atoms with Gasteiger partial charge in [-0.05, 0) is 24.3 Å². The van der Waals surface area contributed by atoms with E-state index in [0.717, 1.165) is 26.9 Å². The van der Waals surface area contributed by atoms with Crippen LogP contribution in [0.2, 0.25) is 0 Å². The number of benzene rings is 1. The maximum Gasteiger partial charge on any atom is 0.139 e. The van der Waals surface area contributed by atoms with Crippen molar-refractivity contribution in [2.24, 2.45) is 0 Å². The lowest BCUT2D eigenvalue weighted by molar-refractivity contribution is 1.32. The number of anilines is 1. The summed E-state index contributed by atoms with van der Waals surface area (Å²) in [4.78, 5) is 11.8. The van der Waals surface area contributed by atoms with Gasteiger partial charge in [0, 0.05) is 21.9 Å². The van der Waals surface area contributed by atoms with E-state index in [2.05, 4.69) is 30.9 Å². The summed E-state index contributed by atoms with van der Waals surface area (Å²) in [6, 6.07) is 7.51. The molecule has 4 nitrogen and oxygen atoms in total. The number of nitrogens with zero attached hydrogens (tertiary/aromatic N) is 2. The van der Waals surface area contributed by atoms with Gasteiger partial charge in [0.05, 0.1) is 17.2 Å². The largest absolute Gasteiger partial charge is 0.399 e. The first-order valence-corrected chi connectivity index (χ1v) is 5.88. The molecule has 0 saturated carbocycles. The number of hydrogen-bond donors (Lipinski definition) is 2. The van der Waals surface area contributed by atoms with Crippen LogP contribution in [0.3, 0.4) is 0 Å². The number of nitrogens with one attached hydrogen (secondary N) is 1. The summed E-state index contributed by atoms with van der Waals surface area (Å²) in [6.07, 6.45) is 3.48. The average Bonchev–Trinajstić information content (AvgIpc) is 2.75. The number of nitrogens with two attached hydrogens (primary N) is 1. The van der Waals surface area contributed by atoms with Crippen molar-refractivity contribution >= 4 is 32.7 Å². The fraction of sp³-hybridized carbons (Fsp3) is 0. The summed E-state index contributed by atoms with van der Waals surface area (Å²) < 4.78 is 0.957. The minimum atomic E-state index is 0.710. The van der Waals surface area contributed by atoms with Crippen molar-refractivity contribution in [2.45, 2.75) is 0 Å². The molecule has 0 saturated heterocycles. The summed E-state index contributed by atoms with van der Waals surface area (Å²) in [5, 5.41) is 0. The predicted molar refractivity (Wildman–Crippen MR) is 71.4 cm³/mol. The summed E-state index contributed by atoms with van der Waals surface area (Å²) in [7, 11) is 0. The summed E-state index contributed by atoms with van der Waals surface area (Å²) in [6.45, 7) is 0. The highest BCUT2D eigenvalue weighted by atomic mass is 79.9. The molecule has 0 atom stereocenters. The van der Waals surface area contributed by atoms with Crippen LogP contribution in [0.25, 0.3) is 22.4 Å². The maximum absolute atomic E-state index is 5.78. The van der Waals surface area contributed by atoms with Crippen LogP contribution < -0.4 is 5.73 Å². The van der Waals surface area contributed by atoms with Gasteiger partial charge >= 0.3 is 0 Å². The lowest BCUT2D eigenvalue weighted by Gasteiger charge is -2.01. The second kappa shape index (κ2) is 3.85. The molecule has 0 amide bonds. The van der Waals surface area contributed by atoms with Crippen molar-refractivity contribution in [3.63, 3.8) is 0 Å². The molecular formula is C12H9BrN4. The number of fused-ring (bicyclic) bond motifs is 1. The molecule has 3 rings (SSSR count). The van der Waals surface area contributed by atoms with Crippen LogP contribution in [0.15, 0.2) is 41.1 Å². The van der Waals surface area contributed by atoms with E-state index < -0.39 is 0 Å². The standard InChI is InChI=1S/C12H9BrN4/c13-9-2-1-7(14)5-8(9)12-16-10-3-4-15-6-11(10)17-12/h1-6H,14H2,(H,16,17). The number of H-pyrrole nitrogens is 1. The SMILES string of the molecule is Nc1ccc(Br)c(-c2nc3ccncc3[nH]2)c1. The Morgan fingerprint density at radius 2 is 2.12 bits per heavy atom. The number of pyridine rings is 1. The summed E-state index contributed by atoms with van der Waals surface area (Å²) in [5.74, 6) is 0.784. The third-order valence-corrected chi connectivity index (χ3v) is 3.22. The Balaban J connectivity index is 2.23. The summed E-state index contributed by atoms with van der Waals surface area (Å²) in [5.41, 5.74) is 9.25. The maximum atomic E-state index is 5.78. The molecule has 0 radical (unpaired) electrons. The number of aromatic amines is 1. The molecule has 0 unspecified atom stereocenters. The van der Waals surface area contributed by atoms with Crippen molar-refractivity contribution in [2.75, 3.05) is 5.73 Å². The van der Waals surface area contributed by atoms with Crippen molar-refractivity contribution in [1.82, 2.24) is 15.0 Å². The van der Waals surface area contributed by atoms with Gasteiger partial charge in [-0.3, -0.25) is 4.98 Å². The molecule has 0 aliphatic rings. The second-order valence-electron chi connectivity index (χ2n) is 3.72. The van der Waals surface area contributed by atoms with Crippen LogP contribution in [-0.4, -0.2) is 15.0 Å². The van der Waals surface area contributed by atoms with Crippen molar-refractivity contribution < 1.29 is 0 Å². The molecule has 84 valence electrons.